The highest BCUT2D eigenvalue weighted by atomic mass is 35.5. The van der Waals surface area contributed by atoms with Gasteiger partial charge in [-0.15, -0.1) is 0 Å². The molecule has 1 N–H and O–H groups in total. The molecule has 9 nitrogen and oxygen atoms in total. The van der Waals surface area contributed by atoms with Crippen molar-refractivity contribution in [3.63, 3.8) is 0 Å². The molecule has 4 rings (SSSR count). The first-order valence-corrected chi connectivity index (χ1v) is 16.1. The van der Waals surface area contributed by atoms with Crippen LogP contribution in [0.3, 0.4) is 0 Å². The Bertz CT molecular complexity index is 1340. The molecule has 1 aliphatic carbocycles. The summed E-state index contributed by atoms with van der Waals surface area (Å²) in [6, 6.07) is 10.4. The summed E-state index contributed by atoms with van der Waals surface area (Å²) in [6.07, 6.45) is 5.93. The molecule has 0 spiro atoms. The fourth-order valence-corrected chi connectivity index (χ4v) is 8.48. The van der Waals surface area contributed by atoms with Crippen molar-refractivity contribution in [3.05, 3.63) is 53.1 Å². The molecule has 2 aromatic rings. The highest BCUT2D eigenvalue weighted by Gasteiger charge is 2.34. The van der Waals surface area contributed by atoms with Crippen molar-refractivity contribution in [2.75, 3.05) is 26.7 Å². The summed E-state index contributed by atoms with van der Waals surface area (Å²) in [5, 5.41) is 2.96. The molecule has 1 amide bonds. The molecule has 0 aromatic heterocycles. The standard InChI is InChI=1S/C26H34ClN3O6S2/c1-36-25-14-13-23(17-24(25)27)38(34,35)30(21-7-3-2-4-8-21)19-26(31)28-18-20-9-11-22(12-10-20)37(32,33)29-15-5-6-16-29/h9-14,17,21H,2-8,15-16,18-19H2,1H3,(H,28,31). The van der Waals surface area contributed by atoms with Crippen LogP contribution in [0.4, 0.5) is 0 Å². The topological polar surface area (TPSA) is 113 Å². The molecule has 1 heterocycles. The molecule has 0 radical (unpaired) electrons. The highest BCUT2D eigenvalue weighted by molar-refractivity contribution is 7.89. The summed E-state index contributed by atoms with van der Waals surface area (Å²) in [6.45, 7) is 0.889. The molecule has 0 atom stereocenters. The Hall–Kier alpha value is -2.18. The van der Waals surface area contributed by atoms with Gasteiger partial charge in [0.1, 0.15) is 5.75 Å². The molecule has 208 valence electrons. The number of halogens is 1. The second-order valence-electron chi connectivity index (χ2n) is 9.67. The van der Waals surface area contributed by atoms with E-state index in [2.05, 4.69) is 5.32 Å². The number of nitrogens with one attached hydrogen (secondary N) is 1. The van der Waals surface area contributed by atoms with Crippen LogP contribution in [0.1, 0.15) is 50.5 Å². The number of benzene rings is 2. The van der Waals surface area contributed by atoms with Gasteiger partial charge in [-0.1, -0.05) is 43.0 Å². The third-order valence-electron chi connectivity index (χ3n) is 7.13. The lowest BCUT2D eigenvalue weighted by Crippen LogP contribution is -2.46. The summed E-state index contributed by atoms with van der Waals surface area (Å²) in [5.74, 6) is -0.0700. The van der Waals surface area contributed by atoms with Crippen LogP contribution in [0.25, 0.3) is 0 Å². The smallest absolute Gasteiger partial charge is 0.243 e. The van der Waals surface area contributed by atoms with E-state index in [-0.39, 0.29) is 33.9 Å². The molecule has 1 saturated heterocycles. The molecule has 1 saturated carbocycles. The van der Waals surface area contributed by atoms with E-state index in [0.717, 1.165) is 32.1 Å². The highest BCUT2D eigenvalue weighted by Crippen LogP contribution is 2.32. The molecule has 38 heavy (non-hydrogen) atoms. The van der Waals surface area contributed by atoms with Crippen molar-refractivity contribution in [1.29, 1.82) is 0 Å². The van der Waals surface area contributed by atoms with Gasteiger partial charge in [0.25, 0.3) is 0 Å². The lowest BCUT2D eigenvalue weighted by Gasteiger charge is -2.33. The largest absolute Gasteiger partial charge is 0.495 e. The van der Waals surface area contributed by atoms with Crippen molar-refractivity contribution >= 4 is 37.6 Å². The van der Waals surface area contributed by atoms with Crippen LogP contribution >= 0.6 is 11.6 Å². The number of hydrogen-bond donors (Lipinski definition) is 1. The van der Waals surface area contributed by atoms with Gasteiger partial charge in [0.05, 0.1) is 28.5 Å². The average Bonchev–Trinajstić information content (AvgIpc) is 3.47. The Morgan fingerprint density at radius 1 is 0.974 bits per heavy atom. The van der Waals surface area contributed by atoms with Crippen molar-refractivity contribution < 1.29 is 26.4 Å². The number of sulfonamides is 2. The lowest BCUT2D eigenvalue weighted by molar-refractivity contribution is -0.121. The van der Waals surface area contributed by atoms with Crippen LogP contribution in [0.5, 0.6) is 5.75 Å². The maximum absolute atomic E-state index is 13.6. The lowest BCUT2D eigenvalue weighted by atomic mass is 9.95. The maximum atomic E-state index is 13.6. The van der Waals surface area contributed by atoms with Crippen LogP contribution in [0.15, 0.2) is 52.3 Å². The summed E-state index contributed by atoms with van der Waals surface area (Å²) in [5.41, 5.74) is 0.715. The SMILES string of the molecule is COc1ccc(S(=O)(=O)N(CC(=O)NCc2ccc(S(=O)(=O)N3CCCC3)cc2)C2CCCCC2)cc1Cl. The summed E-state index contributed by atoms with van der Waals surface area (Å²) in [7, 11) is -6.05. The van der Waals surface area contributed by atoms with E-state index in [1.54, 1.807) is 24.3 Å². The number of rotatable bonds is 10. The second-order valence-corrected chi connectivity index (χ2v) is 13.9. The van der Waals surface area contributed by atoms with Crippen LogP contribution < -0.4 is 10.1 Å². The third-order valence-corrected chi connectivity index (χ3v) is 11.2. The van der Waals surface area contributed by atoms with Gasteiger partial charge in [-0.3, -0.25) is 4.79 Å². The molecule has 0 unspecified atom stereocenters. The van der Waals surface area contributed by atoms with Gasteiger partial charge >= 0.3 is 0 Å². The summed E-state index contributed by atoms with van der Waals surface area (Å²) < 4.78 is 60.6. The number of nitrogens with zero attached hydrogens (tertiary/aromatic N) is 2. The van der Waals surface area contributed by atoms with Crippen molar-refractivity contribution in [1.82, 2.24) is 13.9 Å². The zero-order chi connectivity index (χ0) is 27.3. The van der Waals surface area contributed by atoms with Gasteiger partial charge in [0.2, 0.25) is 26.0 Å². The molecular formula is C26H34ClN3O6S2. The van der Waals surface area contributed by atoms with Gasteiger partial charge in [-0.05, 0) is 61.6 Å². The van der Waals surface area contributed by atoms with Crippen molar-refractivity contribution in [3.8, 4) is 5.75 Å². The first-order chi connectivity index (χ1) is 18.1. The van der Waals surface area contributed by atoms with E-state index in [9.17, 15) is 21.6 Å². The Morgan fingerprint density at radius 3 is 2.21 bits per heavy atom. The van der Waals surface area contributed by atoms with Gasteiger partial charge in [0.15, 0.2) is 0 Å². The van der Waals surface area contributed by atoms with Crippen molar-refractivity contribution in [2.24, 2.45) is 0 Å². The quantitative estimate of drug-likeness (QED) is 0.455. The second kappa shape index (κ2) is 12.3. The Kier molecular flexibility index (Phi) is 9.36. The Balaban J connectivity index is 1.45. The van der Waals surface area contributed by atoms with Gasteiger partial charge in [0, 0.05) is 25.7 Å². The van der Waals surface area contributed by atoms with Crippen LogP contribution in [0.2, 0.25) is 5.02 Å². The zero-order valence-electron chi connectivity index (χ0n) is 21.4. The van der Waals surface area contributed by atoms with E-state index in [0.29, 0.717) is 37.2 Å². The molecule has 2 aliphatic rings. The number of carbonyl (C=O) groups excluding carboxylic acids is 1. The molecular weight excluding hydrogens is 550 g/mol. The predicted molar refractivity (Wildman–Crippen MR) is 145 cm³/mol. The molecule has 2 aromatic carbocycles. The number of ether oxygens (including phenoxy) is 1. The number of methoxy groups -OCH3 is 1. The zero-order valence-corrected chi connectivity index (χ0v) is 23.8. The van der Waals surface area contributed by atoms with E-state index >= 15 is 0 Å². The minimum atomic E-state index is -4.00. The first-order valence-electron chi connectivity index (χ1n) is 12.8. The van der Waals surface area contributed by atoms with Crippen molar-refractivity contribution in [2.45, 2.75) is 67.3 Å². The van der Waals surface area contributed by atoms with E-state index < -0.39 is 26.0 Å². The minimum Gasteiger partial charge on any atom is -0.495 e. The van der Waals surface area contributed by atoms with Gasteiger partial charge in [-0.25, -0.2) is 16.8 Å². The third kappa shape index (κ3) is 6.51. The number of amides is 1. The molecule has 0 bridgehead atoms. The Morgan fingerprint density at radius 2 is 1.61 bits per heavy atom. The normalized spacial score (nSPS) is 17.6. The summed E-state index contributed by atoms with van der Waals surface area (Å²) in [4.78, 5) is 13.2. The van der Waals surface area contributed by atoms with E-state index in [1.807, 2.05) is 0 Å². The predicted octanol–water partition coefficient (Wildman–Crippen LogP) is 3.77. The molecule has 2 fully saturated rings. The van der Waals surface area contributed by atoms with Crippen LogP contribution in [0, 0.1) is 0 Å². The number of hydrogen-bond acceptors (Lipinski definition) is 6. The average molecular weight is 584 g/mol. The monoisotopic (exact) mass is 583 g/mol. The van der Waals surface area contributed by atoms with Gasteiger partial charge in [-0.2, -0.15) is 8.61 Å². The van der Waals surface area contributed by atoms with E-state index in [4.69, 9.17) is 16.3 Å². The molecule has 12 heteroatoms. The number of carbonyl (C=O) groups is 1. The van der Waals surface area contributed by atoms with Crippen LogP contribution in [-0.2, 0) is 31.4 Å². The van der Waals surface area contributed by atoms with Crippen LogP contribution in [-0.4, -0.2) is 64.1 Å². The fraction of sp³-hybridized carbons (Fsp3) is 0.500. The van der Waals surface area contributed by atoms with Gasteiger partial charge < -0.3 is 10.1 Å². The maximum Gasteiger partial charge on any atom is 0.243 e. The van der Waals surface area contributed by atoms with E-state index in [1.165, 1.54) is 33.9 Å². The Labute approximate surface area is 230 Å². The summed E-state index contributed by atoms with van der Waals surface area (Å²) >= 11 is 6.20. The fourth-order valence-electron chi connectivity index (χ4n) is 4.98. The molecule has 1 aliphatic heterocycles. The minimum absolute atomic E-state index is 0.0106. The first kappa shape index (κ1) is 28.8.